The van der Waals surface area contributed by atoms with Crippen molar-refractivity contribution >= 4 is 5.91 Å². The number of fused-ring (bicyclic) bond motifs is 1. The lowest BCUT2D eigenvalue weighted by molar-refractivity contribution is -0.122. The molecule has 3 rings (SSSR count). The third-order valence-corrected chi connectivity index (χ3v) is 4.91. The van der Waals surface area contributed by atoms with E-state index in [1.807, 2.05) is 23.1 Å². The lowest BCUT2D eigenvalue weighted by Crippen LogP contribution is -2.38. The van der Waals surface area contributed by atoms with Crippen LogP contribution in [0.1, 0.15) is 34.7 Å². The van der Waals surface area contributed by atoms with Crippen LogP contribution in [0.3, 0.4) is 0 Å². The molecule has 0 spiro atoms. The summed E-state index contributed by atoms with van der Waals surface area (Å²) in [4.78, 5) is 14.4. The van der Waals surface area contributed by atoms with Crippen molar-refractivity contribution in [3.63, 3.8) is 0 Å². The molecule has 0 bridgehead atoms. The molecule has 3 nitrogen and oxygen atoms in total. The Morgan fingerprint density at radius 3 is 2.92 bits per heavy atom. The summed E-state index contributed by atoms with van der Waals surface area (Å²) in [6, 6.07) is 13.5. The molecule has 134 valence electrons. The normalized spacial score (nSPS) is 15.5. The lowest BCUT2D eigenvalue weighted by atomic mass is 10.1. The zero-order valence-electron chi connectivity index (χ0n) is 15.0. The molecule has 0 aliphatic heterocycles. The highest BCUT2D eigenvalue weighted by molar-refractivity contribution is 5.78. The van der Waals surface area contributed by atoms with Gasteiger partial charge < -0.3 is 5.32 Å². The molecular formula is C22H23FN2O. The first-order chi connectivity index (χ1) is 12.6. The predicted molar refractivity (Wildman–Crippen MR) is 101 cm³/mol. The average molecular weight is 350 g/mol. The second kappa shape index (κ2) is 8.16. The van der Waals surface area contributed by atoms with E-state index in [2.05, 4.69) is 23.4 Å². The molecule has 0 radical (unpaired) electrons. The molecule has 0 saturated carbocycles. The Morgan fingerprint density at radius 1 is 1.35 bits per heavy atom. The number of amides is 1. The second-order valence-electron chi connectivity index (χ2n) is 6.72. The fourth-order valence-corrected chi connectivity index (χ4v) is 3.49. The molecule has 1 aliphatic rings. The Balaban J connectivity index is 1.62. The Labute approximate surface area is 154 Å². The van der Waals surface area contributed by atoms with Crippen LogP contribution in [-0.2, 0) is 17.8 Å². The van der Waals surface area contributed by atoms with E-state index in [4.69, 9.17) is 6.42 Å². The molecule has 1 aliphatic carbocycles. The third-order valence-electron chi connectivity index (χ3n) is 4.91. The molecule has 2 aromatic carbocycles. The first-order valence-electron chi connectivity index (χ1n) is 8.85. The zero-order valence-corrected chi connectivity index (χ0v) is 15.0. The Kier molecular flexibility index (Phi) is 5.70. The van der Waals surface area contributed by atoms with Crippen LogP contribution in [0.25, 0.3) is 0 Å². The number of carbonyl (C=O) groups excluding carboxylic acids is 1. The second-order valence-corrected chi connectivity index (χ2v) is 6.72. The fraction of sp³-hybridized carbons (Fsp3) is 0.318. The van der Waals surface area contributed by atoms with Crippen LogP contribution in [0.5, 0.6) is 0 Å². The first kappa shape index (κ1) is 18.2. The van der Waals surface area contributed by atoms with Gasteiger partial charge in [0.1, 0.15) is 5.82 Å². The summed E-state index contributed by atoms with van der Waals surface area (Å²) in [5.41, 5.74) is 3.93. The summed E-state index contributed by atoms with van der Waals surface area (Å²) in [5.74, 6) is 2.30. The smallest absolute Gasteiger partial charge is 0.234 e. The maximum Gasteiger partial charge on any atom is 0.234 e. The summed E-state index contributed by atoms with van der Waals surface area (Å²) >= 11 is 0. The molecule has 4 heteroatoms. The number of hydrogen-bond acceptors (Lipinski definition) is 2. The minimum Gasteiger partial charge on any atom is -0.351 e. The molecule has 1 atom stereocenters. The van der Waals surface area contributed by atoms with Gasteiger partial charge in [-0.3, -0.25) is 9.69 Å². The number of hydrogen-bond donors (Lipinski definition) is 1. The number of halogens is 1. The van der Waals surface area contributed by atoms with Crippen LogP contribution in [0.15, 0.2) is 42.5 Å². The van der Waals surface area contributed by atoms with Gasteiger partial charge in [0.25, 0.3) is 0 Å². The number of nitrogens with one attached hydrogen (secondary N) is 1. The van der Waals surface area contributed by atoms with Gasteiger partial charge in [0.15, 0.2) is 0 Å². The maximum absolute atomic E-state index is 13.6. The van der Waals surface area contributed by atoms with E-state index in [1.54, 1.807) is 13.0 Å². The number of aryl methyl sites for hydroxylation is 2. The van der Waals surface area contributed by atoms with Crippen LogP contribution < -0.4 is 5.32 Å². The molecule has 26 heavy (non-hydrogen) atoms. The molecule has 0 fully saturated rings. The summed E-state index contributed by atoms with van der Waals surface area (Å²) in [5, 5.41) is 2.87. The van der Waals surface area contributed by atoms with E-state index in [-0.39, 0.29) is 24.3 Å². The average Bonchev–Trinajstić information content (AvgIpc) is 3.06. The van der Waals surface area contributed by atoms with Crippen LogP contribution >= 0.6 is 0 Å². The maximum atomic E-state index is 13.6. The summed E-state index contributed by atoms with van der Waals surface area (Å²) in [6.45, 7) is 2.68. The fourth-order valence-electron chi connectivity index (χ4n) is 3.49. The molecule has 2 aromatic rings. The number of benzene rings is 2. The predicted octanol–water partition coefficient (Wildman–Crippen LogP) is 3.37. The van der Waals surface area contributed by atoms with Gasteiger partial charge in [-0.1, -0.05) is 42.3 Å². The molecular weight excluding hydrogens is 327 g/mol. The Bertz CT molecular complexity index is 840. The molecule has 1 amide bonds. The molecule has 0 heterocycles. The van der Waals surface area contributed by atoms with Crippen molar-refractivity contribution in [2.45, 2.75) is 32.4 Å². The number of rotatable bonds is 6. The van der Waals surface area contributed by atoms with Crippen molar-refractivity contribution in [2.75, 3.05) is 13.1 Å². The highest BCUT2D eigenvalue weighted by Crippen LogP contribution is 2.35. The van der Waals surface area contributed by atoms with Gasteiger partial charge in [-0.25, -0.2) is 4.39 Å². The van der Waals surface area contributed by atoms with E-state index in [0.29, 0.717) is 18.7 Å². The van der Waals surface area contributed by atoms with Crippen molar-refractivity contribution in [3.05, 3.63) is 70.5 Å². The number of carbonyl (C=O) groups is 1. The van der Waals surface area contributed by atoms with Gasteiger partial charge in [0.2, 0.25) is 5.91 Å². The summed E-state index contributed by atoms with van der Waals surface area (Å²) in [6.07, 6.45) is 7.50. The van der Waals surface area contributed by atoms with Gasteiger partial charge in [-0.2, -0.15) is 0 Å². The van der Waals surface area contributed by atoms with Gasteiger partial charge in [-0.05, 0) is 48.1 Å². The molecule has 0 aromatic heterocycles. The number of terminal acetylenes is 1. The van der Waals surface area contributed by atoms with Gasteiger partial charge >= 0.3 is 0 Å². The molecule has 0 saturated heterocycles. The van der Waals surface area contributed by atoms with Crippen molar-refractivity contribution in [1.82, 2.24) is 10.2 Å². The van der Waals surface area contributed by atoms with Crippen molar-refractivity contribution in [2.24, 2.45) is 0 Å². The standard InChI is InChI=1S/C22H23FN2O/c1-3-12-25(21-11-10-18-6-4-5-7-19(18)21)15-22(26)24-14-17-9-8-16(2)20(23)13-17/h1,4-9,13,21H,10-12,14-15H2,2H3,(H,24,26). The zero-order chi connectivity index (χ0) is 18.5. The Hall–Kier alpha value is -2.64. The van der Waals surface area contributed by atoms with Crippen molar-refractivity contribution in [1.29, 1.82) is 0 Å². The van der Waals surface area contributed by atoms with E-state index in [1.165, 1.54) is 17.2 Å². The van der Waals surface area contributed by atoms with Gasteiger partial charge in [-0.15, -0.1) is 6.42 Å². The van der Waals surface area contributed by atoms with E-state index >= 15 is 0 Å². The van der Waals surface area contributed by atoms with Gasteiger partial charge in [0, 0.05) is 12.6 Å². The van der Waals surface area contributed by atoms with Gasteiger partial charge in [0.05, 0.1) is 13.1 Å². The van der Waals surface area contributed by atoms with E-state index in [9.17, 15) is 9.18 Å². The summed E-state index contributed by atoms with van der Waals surface area (Å²) < 4.78 is 13.6. The first-order valence-corrected chi connectivity index (χ1v) is 8.85. The van der Waals surface area contributed by atoms with Crippen LogP contribution in [-0.4, -0.2) is 23.9 Å². The minimum absolute atomic E-state index is 0.106. The van der Waals surface area contributed by atoms with Crippen LogP contribution in [0.4, 0.5) is 4.39 Å². The quantitative estimate of drug-likeness (QED) is 0.810. The molecule has 1 unspecified atom stereocenters. The Morgan fingerprint density at radius 2 is 2.15 bits per heavy atom. The highest BCUT2D eigenvalue weighted by Gasteiger charge is 2.28. The largest absolute Gasteiger partial charge is 0.351 e. The van der Waals surface area contributed by atoms with Crippen molar-refractivity contribution < 1.29 is 9.18 Å². The topological polar surface area (TPSA) is 32.3 Å². The van der Waals surface area contributed by atoms with Crippen molar-refractivity contribution in [3.8, 4) is 12.3 Å². The van der Waals surface area contributed by atoms with Crippen LogP contribution in [0, 0.1) is 25.1 Å². The SMILES string of the molecule is C#CCN(CC(=O)NCc1ccc(C)c(F)c1)C1CCc2ccccc21. The highest BCUT2D eigenvalue weighted by atomic mass is 19.1. The van der Waals surface area contributed by atoms with E-state index < -0.39 is 0 Å². The van der Waals surface area contributed by atoms with Crippen LogP contribution in [0.2, 0.25) is 0 Å². The van der Waals surface area contributed by atoms with E-state index in [0.717, 1.165) is 18.4 Å². The minimum atomic E-state index is -0.256. The molecule has 1 N–H and O–H groups in total. The summed E-state index contributed by atoms with van der Waals surface area (Å²) in [7, 11) is 0. The monoisotopic (exact) mass is 350 g/mol. The number of nitrogens with zero attached hydrogens (tertiary/aromatic N) is 1. The third kappa shape index (κ3) is 4.12. The lowest BCUT2D eigenvalue weighted by Gasteiger charge is -2.27.